The first kappa shape index (κ1) is 19.1. The number of benzene rings is 1. The third kappa shape index (κ3) is 4.55. The molecule has 26 heavy (non-hydrogen) atoms. The summed E-state index contributed by atoms with van der Waals surface area (Å²) < 4.78 is 15.9. The maximum Gasteiger partial charge on any atom is 0.337 e. The number of carbonyl (C=O) groups excluding carboxylic acids is 1. The first-order valence-corrected chi connectivity index (χ1v) is 9.35. The van der Waals surface area contributed by atoms with Crippen LogP contribution in [0, 0.1) is 11.8 Å². The number of aliphatic hydroxyl groups excluding tert-OH is 1. The predicted molar refractivity (Wildman–Crippen MR) is 97.4 cm³/mol. The lowest BCUT2D eigenvalue weighted by molar-refractivity contribution is -0.0231. The number of carbonyl (C=O) groups is 1. The van der Waals surface area contributed by atoms with Crippen molar-refractivity contribution < 1.29 is 24.1 Å². The molecule has 0 spiro atoms. The molecule has 1 saturated carbocycles. The van der Waals surface area contributed by atoms with Gasteiger partial charge in [0, 0.05) is 33.4 Å². The second-order valence-corrected chi connectivity index (χ2v) is 7.34. The van der Waals surface area contributed by atoms with Crippen molar-refractivity contribution in [1.29, 1.82) is 0 Å². The van der Waals surface area contributed by atoms with Gasteiger partial charge in [-0.25, -0.2) is 4.79 Å². The molecule has 6 nitrogen and oxygen atoms in total. The van der Waals surface area contributed by atoms with Gasteiger partial charge in [-0.2, -0.15) is 0 Å². The van der Waals surface area contributed by atoms with Crippen LogP contribution in [0.4, 0.5) is 0 Å². The fourth-order valence-electron chi connectivity index (χ4n) is 4.22. The first-order valence-electron chi connectivity index (χ1n) is 9.35. The number of hydrogen-bond acceptors (Lipinski definition) is 6. The molecule has 1 aromatic rings. The van der Waals surface area contributed by atoms with Crippen LogP contribution in [-0.4, -0.2) is 68.6 Å². The van der Waals surface area contributed by atoms with E-state index in [9.17, 15) is 9.90 Å². The maximum atomic E-state index is 11.7. The molecule has 1 N–H and O–H groups in total. The van der Waals surface area contributed by atoms with Crippen molar-refractivity contribution in [2.24, 2.45) is 11.8 Å². The number of methoxy groups -OCH3 is 2. The number of fused-ring (bicyclic) bond motifs is 1. The van der Waals surface area contributed by atoms with Gasteiger partial charge >= 0.3 is 5.97 Å². The summed E-state index contributed by atoms with van der Waals surface area (Å²) in [6, 6.07) is 6.96. The van der Waals surface area contributed by atoms with Crippen molar-refractivity contribution in [2.45, 2.75) is 31.5 Å². The van der Waals surface area contributed by atoms with E-state index in [2.05, 4.69) is 4.90 Å². The van der Waals surface area contributed by atoms with Crippen molar-refractivity contribution in [3.8, 4) is 5.75 Å². The average molecular weight is 363 g/mol. The zero-order valence-corrected chi connectivity index (χ0v) is 15.6. The van der Waals surface area contributed by atoms with Gasteiger partial charge in [0.15, 0.2) is 0 Å². The molecule has 3 rings (SSSR count). The fraction of sp³-hybridized carbons (Fsp3) is 0.650. The highest BCUT2D eigenvalue weighted by molar-refractivity contribution is 5.89. The van der Waals surface area contributed by atoms with Crippen LogP contribution in [0.1, 0.15) is 29.6 Å². The van der Waals surface area contributed by atoms with E-state index in [0.717, 1.165) is 45.5 Å². The molecule has 0 unspecified atom stereocenters. The van der Waals surface area contributed by atoms with Gasteiger partial charge in [-0.05, 0) is 49.3 Å². The van der Waals surface area contributed by atoms with E-state index in [4.69, 9.17) is 14.2 Å². The van der Waals surface area contributed by atoms with Crippen LogP contribution in [0.15, 0.2) is 24.3 Å². The fourth-order valence-corrected chi connectivity index (χ4v) is 4.22. The Balaban J connectivity index is 1.58. The van der Waals surface area contributed by atoms with Crippen LogP contribution < -0.4 is 4.74 Å². The molecule has 1 saturated heterocycles. The number of hydrogen-bond donors (Lipinski definition) is 1. The molecule has 2 aliphatic rings. The summed E-state index contributed by atoms with van der Waals surface area (Å²) >= 11 is 0. The van der Waals surface area contributed by atoms with Crippen LogP contribution in [-0.2, 0) is 9.47 Å². The molecule has 0 amide bonds. The molecule has 4 atom stereocenters. The average Bonchev–Trinajstić information content (AvgIpc) is 3.03. The molecule has 6 heteroatoms. The van der Waals surface area contributed by atoms with E-state index in [0.29, 0.717) is 23.1 Å². The van der Waals surface area contributed by atoms with Gasteiger partial charge in [0.1, 0.15) is 11.9 Å². The maximum absolute atomic E-state index is 11.7. The standard InChI is InChI=1S/C20H29NO5/c1-24-8-4-7-21-12-15-10-18(22)19(11-16(15)13-21)26-17-6-3-5-14(9-17)20(23)25-2/h3,5-6,9,15-16,18-19,22H,4,7-8,10-13H2,1-2H3/t15-,16+,18+,19+/m0/s1. The zero-order valence-electron chi connectivity index (χ0n) is 15.6. The van der Waals surface area contributed by atoms with Crippen molar-refractivity contribution in [2.75, 3.05) is 40.5 Å². The minimum Gasteiger partial charge on any atom is -0.488 e. The highest BCUT2D eigenvalue weighted by Gasteiger charge is 2.42. The lowest BCUT2D eigenvalue weighted by atomic mass is 9.78. The Morgan fingerprint density at radius 1 is 1.23 bits per heavy atom. The summed E-state index contributed by atoms with van der Waals surface area (Å²) in [5.41, 5.74) is 0.457. The van der Waals surface area contributed by atoms with E-state index < -0.39 is 6.10 Å². The van der Waals surface area contributed by atoms with Gasteiger partial charge in [-0.15, -0.1) is 0 Å². The van der Waals surface area contributed by atoms with Crippen LogP contribution in [0.3, 0.4) is 0 Å². The zero-order chi connectivity index (χ0) is 18.5. The molecule has 0 aromatic heterocycles. The van der Waals surface area contributed by atoms with Gasteiger partial charge in [0.05, 0.1) is 18.8 Å². The Kier molecular flexibility index (Phi) is 6.51. The van der Waals surface area contributed by atoms with Gasteiger partial charge in [-0.3, -0.25) is 0 Å². The lowest BCUT2D eigenvalue weighted by Gasteiger charge is -2.35. The van der Waals surface area contributed by atoms with Crippen LogP contribution in [0.25, 0.3) is 0 Å². The molecule has 1 aliphatic heterocycles. The van der Waals surface area contributed by atoms with Crippen molar-refractivity contribution in [3.05, 3.63) is 29.8 Å². The molecular formula is C20H29NO5. The second-order valence-electron chi connectivity index (χ2n) is 7.34. The number of ether oxygens (including phenoxy) is 3. The van der Waals surface area contributed by atoms with E-state index in [-0.39, 0.29) is 12.1 Å². The Morgan fingerprint density at radius 3 is 2.73 bits per heavy atom. The summed E-state index contributed by atoms with van der Waals surface area (Å²) in [6.45, 7) is 3.94. The van der Waals surface area contributed by atoms with Crippen LogP contribution in [0.5, 0.6) is 5.75 Å². The molecule has 1 aliphatic carbocycles. The molecule has 1 aromatic carbocycles. The third-order valence-corrected chi connectivity index (χ3v) is 5.53. The molecule has 0 bridgehead atoms. The van der Waals surface area contributed by atoms with E-state index in [1.165, 1.54) is 7.11 Å². The largest absolute Gasteiger partial charge is 0.488 e. The van der Waals surface area contributed by atoms with Crippen LogP contribution >= 0.6 is 0 Å². The van der Waals surface area contributed by atoms with E-state index in [1.807, 2.05) is 6.07 Å². The van der Waals surface area contributed by atoms with E-state index in [1.54, 1.807) is 25.3 Å². The normalized spacial score (nSPS) is 28.6. The molecule has 144 valence electrons. The number of likely N-dealkylation sites (tertiary alicyclic amines) is 1. The quantitative estimate of drug-likeness (QED) is 0.590. The van der Waals surface area contributed by atoms with Crippen molar-refractivity contribution in [1.82, 2.24) is 4.90 Å². The summed E-state index contributed by atoms with van der Waals surface area (Å²) in [6.07, 6.45) is 1.95. The second kappa shape index (κ2) is 8.84. The van der Waals surface area contributed by atoms with Gasteiger partial charge < -0.3 is 24.2 Å². The minimum atomic E-state index is -0.475. The third-order valence-electron chi connectivity index (χ3n) is 5.53. The highest BCUT2D eigenvalue weighted by Crippen LogP contribution is 2.38. The number of esters is 1. The molecule has 1 heterocycles. The SMILES string of the molecule is COCCCN1C[C@H]2C[C@@H](Oc3cccc(C(=O)OC)c3)[C@H](O)C[C@H]2C1. The Labute approximate surface area is 155 Å². The number of aliphatic hydroxyl groups is 1. The Morgan fingerprint density at radius 2 is 2.00 bits per heavy atom. The summed E-state index contributed by atoms with van der Waals surface area (Å²) in [4.78, 5) is 14.1. The van der Waals surface area contributed by atoms with E-state index >= 15 is 0 Å². The first-order chi connectivity index (χ1) is 12.6. The Bertz CT molecular complexity index is 608. The van der Waals surface area contributed by atoms with Gasteiger partial charge in [-0.1, -0.05) is 6.07 Å². The lowest BCUT2D eigenvalue weighted by Crippen LogP contribution is -2.42. The van der Waals surface area contributed by atoms with Crippen molar-refractivity contribution in [3.63, 3.8) is 0 Å². The molecule has 0 radical (unpaired) electrons. The number of rotatable bonds is 7. The van der Waals surface area contributed by atoms with Crippen molar-refractivity contribution >= 4 is 5.97 Å². The molecule has 2 fully saturated rings. The van der Waals surface area contributed by atoms with Gasteiger partial charge in [0.25, 0.3) is 0 Å². The molecular weight excluding hydrogens is 334 g/mol. The Hall–Kier alpha value is -1.63. The smallest absolute Gasteiger partial charge is 0.337 e. The minimum absolute atomic E-state index is 0.233. The van der Waals surface area contributed by atoms with Crippen LogP contribution in [0.2, 0.25) is 0 Å². The van der Waals surface area contributed by atoms with Gasteiger partial charge in [0.2, 0.25) is 0 Å². The summed E-state index contributed by atoms with van der Waals surface area (Å²) in [7, 11) is 3.09. The summed E-state index contributed by atoms with van der Waals surface area (Å²) in [5, 5.41) is 10.5. The highest BCUT2D eigenvalue weighted by atomic mass is 16.5. The number of nitrogens with zero attached hydrogens (tertiary/aromatic N) is 1. The predicted octanol–water partition coefficient (Wildman–Crippen LogP) is 1.96. The summed E-state index contributed by atoms with van der Waals surface area (Å²) in [5.74, 6) is 1.30. The topological polar surface area (TPSA) is 68.2 Å². The monoisotopic (exact) mass is 363 g/mol.